The second-order valence-electron chi connectivity index (χ2n) is 5.38. The van der Waals surface area contributed by atoms with Crippen molar-refractivity contribution in [1.29, 1.82) is 0 Å². The van der Waals surface area contributed by atoms with Crippen molar-refractivity contribution in [3.63, 3.8) is 0 Å². The van der Waals surface area contributed by atoms with Gasteiger partial charge in [-0.3, -0.25) is 4.79 Å². The average molecular weight is 358 g/mol. The summed E-state index contributed by atoms with van der Waals surface area (Å²) in [6, 6.07) is 17.4. The Morgan fingerprint density at radius 3 is 2.58 bits per heavy atom. The summed E-state index contributed by atoms with van der Waals surface area (Å²) in [6.07, 6.45) is 0.677. The van der Waals surface area contributed by atoms with E-state index in [0.29, 0.717) is 16.6 Å². The van der Waals surface area contributed by atoms with Gasteiger partial charge in [0, 0.05) is 5.02 Å². The Bertz CT molecular complexity index is 788. The Morgan fingerprint density at radius 1 is 1.17 bits per heavy atom. The van der Waals surface area contributed by atoms with Crippen molar-refractivity contribution in [2.75, 3.05) is 0 Å². The van der Waals surface area contributed by atoms with Gasteiger partial charge in [-0.25, -0.2) is 0 Å². The third kappa shape index (κ3) is 4.24. The number of halogens is 1. The number of carbonyl (C=O) groups is 1. The second-order valence-corrected chi connectivity index (χ2v) is 7.01. The number of rotatable bonds is 4. The van der Waals surface area contributed by atoms with Crippen LogP contribution in [-0.4, -0.2) is 22.0 Å². The van der Waals surface area contributed by atoms with Crippen LogP contribution in [0.25, 0.3) is 0 Å². The monoisotopic (exact) mass is 357 g/mol. The Balaban J connectivity index is 1.67. The van der Waals surface area contributed by atoms with Gasteiger partial charge in [-0.1, -0.05) is 65.8 Å². The van der Waals surface area contributed by atoms with E-state index >= 15 is 0 Å². The molecule has 0 aromatic heterocycles. The van der Waals surface area contributed by atoms with Crippen LogP contribution in [0.4, 0.5) is 0 Å². The lowest BCUT2D eigenvalue weighted by Gasteiger charge is -2.04. The molecule has 0 aliphatic carbocycles. The van der Waals surface area contributed by atoms with E-state index in [1.807, 2.05) is 61.5 Å². The average Bonchev–Trinajstić information content (AvgIpc) is 2.94. The highest BCUT2D eigenvalue weighted by Crippen LogP contribution is 2.23. The number of hydrogen-bond acceptors (Lipinski definition) is 4. The van der Waals surface area contributed by atoms with E-state index in [-0.39, 0.29) is 11.2 Å². The van der Waals surface area contributed by atoms with Crippen LogP contribution in [-0.2, 0) is 11.2 Å². The molecule has 122 valence electrons. The maximum absolute atomic E-state index is 12.1. The van der Waals surface area contributed by atoms with Crippen LogP contribution in [0, 0.1) is 0 Å². The van der Waals surface area contributed by atoms with Crippen LogP contribution >= 0.6 is 23.4 Å². The molecule has 1 aliphatic rings. The number of benzene rings is 2. The minimum Gasteiger partial charge on any atom is -0.303 e. The van der Waals surface area contributed by atoms with Crippen molar-refractivity contribution in [1.82, 2.24) is 5.32 Å². The highest BCUT2D eigenvalue weighted by Gasteiger charge is 2.30. The lowest BCUT2D eigenvalue weighted by atomic mass is 10.1. The molecule has 1 atom stereocenters. The van der Waals surface area contributed by atoms with Gasteiger partial charge in [0.25, 0.3) is 0 Å². The number of amidine groups is 1. The lowest BCUT2D eigenvalue weighted by Crippen LogP contribution is -2.25. The molecule has 0 spiro atoms. The Hall–Kier alpha value is -2.11. The van der Waals surface area contributed by atoms with Gasteiger partial charge in [0.15, 0.2) is 5.17 Å². The molecule has 4 nitrogen and oxygen atoms in total. The largest absolute Gasteiger partial charge is 0.303 e. The molecule has 1 aliphatic heterocycles. The molecule has 1 N–H and O–H groups in total. The summed E-state index contributed by atoms with van der Waals surface area (Å²) < 4.78 is 0. The fourth-order valence-corrected chi connectivity index (χ4v) is 3.37. The highest BCUT2D eigenvalue weighted by atomic mass is 35.5. The van der Waals surface area contributed by atoms with Crippen LogP contribution in [0.15, 0.2) is 64.8 Å². The Kier molecular flexibility index (Phi) is 5.33. The first-order chi connectivity index (χ1) is 11.6. The Labute approximate surface area is 150 Å². The molecular formula is C18H16ClN3OS. The summed E-state index contributed by atoms with van der Waals surface area (Å²) in [5, 5.41) is 12.2. The molecule has 1 heterocycles. The van der Waals surface area contributed by atoms with Crippen LogP contribution in [0.3, 0.4) is 0 Å². The topological polar surface area (TPSA) is 53.8 Å². The first kappa shape index (κ1) is 16.7. The summed E-state index contributed by atoms with van der Waals surface area (Å²) in [4.78, 5) is 12.1. The van der Waals surface area contributed by atoms with Crippen molar-refractivity contribution in [2.24, 2.45) is 10.2 Å². The van der Waals surface area contributed by atoms with Gasteiger partial charge in [0.05, 0.1) is 11.0 Å². The van der Waals surface area contributed by atoms with E-state index in [4.69, 9.17) is 11.6 Å². The van der Waals surface area contributed by atoms with E-state index in [1.165, 1.54) is 11.8 Å². The SMILES string of the molecule is C/C(=N\N=C1/NC(=O)C(Cc2ccccc2)S1)c1ccc(Cl)cc1. The summed E-state index contributed by atoms with van der Waals surface area (Å²) in [5.74, 6) is -0.0260. The summed E-state index contributed by atoms with van der Waals surface area (Å²) in [6.45, 7) is 1.87. The molecule has 1 unspecified atom stereocenters. The lowest BCUT2D eigenvalue weighted by molar-refractivity contribution is -0.118. The quantitative estimate of drug-likeness (QED) is 0.666. The number of nitrogens with zero attached hydrogens (tertiary/aromatic N) is 2. The fraction of sp³-hybridized carbons (Fsp3) is 0.167. The van der Waals surface area contributed by atoms with Crippen LogP contribution < -0.4 is 5.32 Å². The number of nitrogens with one attached hydrogen (secondary N) is 1. The molecule has 0 saturated carbocycles. The minimum atomic E-state index is -0.169. The van der Waals surface area contributed by atoms with E-state index in [1.54, 1.807) is 0 Å². The van der Waals surface area contributed by atoms with E-state index in [0.717, 1.165) is 16.8 Å². The molecule has 0 radical (unpaired) electrons. The predicted octanol–water partition coefficient (Wildman–Crippen LogP) is 3.89. The fourth-order valence-electron chi connectivity index (χ4n) is 2.28. The van der Waals surface area contributed by atoms with E-state index in [2.05, 4.69) is 15.5 Å². The molecule has 1 saturated heterocycles. The van der Waals surface area contributed by atoms with E-state index in [9.17, 15) is 4.79 Å². The standard InChI is InChI=1S/C18H16ClN3OS/c1-12(14-7-9-15(19)10-8-14)21-22-18-20-17(23)16(24-18)11-13-5-3-2-4-6-13/h2-10,16H,11H2,1H3,(H,20,22,23)/b21-12+. The molecule has 0 bridgehead atoms. The van der Waals surface area contributed by atoms with E-state index < -0.39 is 0 Å². The van der Waals surface area contributed by atoms with Gasteiger partial charge in [0.1, 0.15) is 0 Å². The van der Waals surface area contributed by atoms with Crippen molar-refractivity contribution in [2.45, 2.75) is 18.6 Å². The van der Waals surface area contributed by atoms with Crippen molar-refractivity contribution >= 4 is 40.1 Å². The van der Waals surface area contributed by atoms with Crippen LogP contribution in [0.1, 0.15) is 18.1 Å². The van der Waals surface area contributed by atoms with Crippen molar-refractivity contribution < 1.29 is 4.79 Å². The predicted molar refractivity (Wildman–Crippen MR) is 101 cm³/mol. The minimum absolute atomic E-state index is 0.0260. The first-order valence-electron chi connectivity index (χ1n) is 7.51. The third-order valence-corrected chi connectivity index (χ3v) is 4.92. The van der Waals surface area contributed by atoms with Gasteiger partial charge in [-0.15, -0.1) is 5.10 Å². The summed E-state index contributed by atoms with van der Waals surface area (Å²) in [7, 11) is 0. The Morgan fingerprint density at radius 2 is 1.88 bits per heavy atom. The second kappa shape index (κ2) is 7.64. The molecule has 1 fully saturated rings. The highest BCUT2D eigenvalue weighted by molar-refractivity contribution is 8.15. The smallest absolute Gasteiger partial charge is 0.239 e. The number of carbonyl (C=O) groups excluding carboxylic acids is 1. The van der Waals surface area contributed by atoms with Gasteiger partial charge in [-0.2, -0.15) is 5.10 Å². The van der Waals surface area contributed by atoms with Gasteiger partial charge < -0.3 is 5.32 Å². The van der Waals surface area contributed by atoms with Gasteiger partial charge in [0.2, 0.25) is 5.91 Å². The zero-order chi connectivity index (χ0) is 16.9. The molecular weight excluding hydrogens is 342 g/mol. The number of amides is 1. The molecule has 2 aromatic carbocycles. The summed E-state index contributed by atoms with van der Waals surface area (Å²) in [5.41, 5.74) is 2.84. The molecule has 24 heavy (non-hydrogen) atoms. The van der Waals surface area contributed by atoms with Gasteiger partial charge in [-0.05, 0) is 36.6 Å². The number of thioether (sulfide) groups is 1. The maximum Gasteiger partial charge on any atom is 0.239 e. The zero-order valence-corrected chi connectivity index (χ0v) is 14.6. The zero-order valence-electron chi connectivity index (χ0n) is 13.1. The van der Waals surface area contributed by atoms with Crippen LogP contribution in [0.5, 0.6) is 0 Å². The normalized spacial score (nSPS) is 19.6. The van der Waals surface area contributed by atoms with Crippen molar-refractivity contribution in [3.05, 3.63) is 70.7 Å². The van der Waals surface area contributed by atoms with Crippen molar-refractivity contribution in [3.8, 4) is 0 Å². The van der Waals surface area contributed by atoms with Gasteiger partial charge >= 0.3 is 0 Å². The molecule has 1 amide bonds. The van der Waals surface area contributed by atoms with Crippen LogP contribution in [0.2, 0.25) is 5.02 Å². The molecule has 6 heteroatoms. The molecule has 2 aromatic rings. The first-order valence-corrected chi connectivity index (χ1v) is 8.77. The third-order valence-electron chi connectivity index (χ3n) is 3.59. The maximum atomic E-state index is 12.1. The molecule has 3 rings (SSSR count). The number of hydrogen-bond donors (Lipinski definition) is 1. The summed E-state index contributed by atoms with van der Waals surface area (Å²) >= 11 is 7.29.